The van der Waals surface area contributed by atoms with Crippen LogP contribution in [0, 0.1) is 0 Å². The van der Waals surface area contributed by atoms with Crippen LogP contribution >= 0.6 is 0 Å². The summed E-state index contributed by atoms with van der Waals surface area (Å²) in [5, 5.41) is 8.29. The van der Waals surface area contributed by atoms with Crippen molar-refractivity contribution >= 4 is 0 Å². The molecule has 1 saturated heterocycles. The van der Waals surface area contributed by atoms with E-state index in [2.05, 4.69) is 47.5 Å². The van der Waals surface area contributed by atoms with E-state index in [1.807, 2.05) is 29.1 Å². The Kier molecular flexibility index (Phi) is 4.36. The number of hydrogen-bond acceptors (Lipinski definition) is 3. The molecule has 2 aromatic rings. The zero-order chi connectivity index (χ0) is 14.7. The Morgan fingerprint density at radius 1 is 1.24 bits per heavy atom. The zero-order valence-corrected chi connectivity index (χ0v) is 12.9. The van der Waals surface area contributed by atoms with Crippen LogP contribution in [0.15, 0.2) is 42.6 Å². The molecule has 1 aromatic carbocycles. The Labute approximate surface area is 126 Å². The highest BCUT2D eigenvalue weighted by Gasteiger charge is 2.22. The largest absolute Gasteiger partial charge is 0.308 e. The van der Waals surface area contributed by atoms with Crippen molar-refractivity contribution in [2.45, 2.75) is 38.4 Å². The summed E-state index contributed by atoms with van der Waals surface area (Å²) in [5.74, 6) is 0. The highest BCUT2D eigenvalue weighted by Crippen LogP contribution is 2.15. The van der Waals surface area contributed by atoms with Gasteiger partial charge in [-0.1, -0.05) is 18.2 Å². The first-order chi connectivity index (χ1) is 10.2. The molecule has 1 aromatic heterocycles. The molecule has 3 rings (SSSR count). The van der Waals surface area contributed by atoms with Crippen molar-refractivity contribution in [1.82, 2.24) is 20.0 Å². The summed E-state index contributed by atoms with van der Waals surface area (Å²) in [5.41, 5.74) is 2.21. The fraction of sp³-hybridized carbons (Fsp3) is 0.471. The molecule has 1 N–H and O–H groups in total. The van der Waals surface area contributed by atoms with Crippen molar-refractivity contribution in [2.24, 2.45) is 0 Å². The second kappa shape index (κ2) is 6.41. The van der Waals surface area contributed by atoms with E-state index in [4.69, 9.17) is 0 Å². The van der Waals surface area contributed by atoms with Crippen LogP contribution in [-0.4, -0.2) is 40.4 Å². The maximum atomic E-state index is 4.64. The number of para-hydroxylation sites is 1. The molecule has 4 nitrogen and oxygen atoms in total. The van der Waals surface area contributed by atoms with Gasteiger partial charge in [0.15, 0.2) is 0 Å². The quantitative estimate of drug-likeness (QED) is 0.936. The van der Waals surface area contributed by atoms with Crippen LogP contribution in [0.1, 0.15) is 25.5 Å². The fourth-order valence-corrected chi connectivity index (χ4v) is 2.90. The second-order valence-electron chi connectivity index (χ2n) is 6.02. The summed E-state index contributed by atoms with van der Waals surface area (Å²) >= 11 is 0. The first-order valence-electron chi connectivity index (χ1n) is 7.76. The van der Waals surface area contributed by atoms with E-state index in [0.717, 1.165) is 17.9 Å². The third kappa shape index (κ3) is 3.52. The van der Waals surface area contributed by atoms with Crippen molar-refractivity contribution in [1.29, 1.82) is 0 Å². The van der Waals surface area contributed by atoms with E-state index in [0.29, 0.717) is 12.1 Å². The molecular weight excluding hydrogens is 260 g/mol. The minimum absolute atomic E-state index is 0.609. The van der Waals surface area contributed by atoms with E-state index in [1.165, 1.54) is 19.4 Å². The first-order valence-corrected chi connectivity index (χ1v) is 7.76. The van der Waals surface area contributed by atoms with Gasteiger partial charge in [-0.05, 0) is 51.6 Å². The number of likely N-dealkylation sites (tertiary alicyclic amines) is 1. The molecule has 21 heavy (non-hydrogen) atoms. The summed E-state index contributed by atoms with van der Waals surface area (Å²) in [6.45, 7) is 4.33. The van der Waals surface area contributed by atoms with Crippen LogP contribution in [0.25, 0.3) is 5.69 Å². The molecule has 1 aliphatic rings. The molecule has 2 atom stereocenters. The lowest BCUT2D eigenvalue weighted by atomic mass is 9.99. The van der Waals surface area contributed by atoms with Crippen LogP contribution in [-0.2, 0) is 6.54 Å². The van der Waals surface area contributed by atoms with Crippen LogP contribution in [0.2, 0.25) is 0 Å². The standard InChI is InChI=1S/C17H24N4/c1-14-12-15(8-10-20(14)2)18-13-16-9-11-21(19-16)17-6-4-3-5-7-17/h3-7,9,11,14-15,18H,8,10,12-13H2,1-2H3. The number of rotatable bonds is 4. The normalized spacial score (nSPS) is 23.3. The molecule has 0 aliphatic carbocycles. The summed E-state index contributed by atoms with van der Waals surface area (Å²) in [4.78, 5) is 2.43. The van der Waals surface area contributed by atoms with Crippen molar-refractivity contribution < 1.29 is 0 Å². The van der Waals surface area contributed by atoms with Gasteiger partial charge < -0.3 is 10.2 Å². The van der Waals surface area contributed by atoms with Gasteiger partial charge in [-0.2, -0.15) is 5.10 Å². The van der Waals surface area contributed by atoms with Crippen LogP contribution in [0.3, 0.4) is 0 Å². The van der Waals surface area contributed by atoms with Crippen molar-refractivity contribution in [2.75, 3.05) is 13.6 Å². The highest BCUT2D eigenvalue weighted by atomic mass is 15.3. The van der Waals surface area contributed by atoms with Gasteiger partial charge in [0.2, 0.25) is 0 Å². The van der Waals surface area contributed by atoms with Gasteiger partial charge in [-0.15, -0.1) is 0 Å². The van der Waals surface area contributed by atoms with E-state index in [1.54, 1.807) is 0 Å². The van der Waals surface area contributed by atoms with Crippen molar-refractivity contribution in [3.05, 3.63) is 48.3 Å². The fourth-order valence-electron chi connectivity index (χ4n) is 2.90. The molecule has 2 heterocycles. The summed E-state index contributed by atoms with van der Waals surface area (Å²) < 4.78 is 1.94. The van der Waals surface area contributed by atoms with Gasteiger partial charge >= 0.3 is 0 Å². The topological polar surface area (TPSA) is 33.1 Å². The molecule has 112 valence electrons. The Bertz CT molecular complexity index is 563. The number of hydrogen-bond donors (Lipinski definition) is 1. The van der Waals surface area contributed by atoms with Crippen LogP contribution < -0.4 is 5.32 Å². The van der Waals surface area contributed by atoms with Crippen LogP contribution in [0.5, 0.6) is 0 Å². The molecule has 0 spiro atoms. The lowest BCUT2D eigenvalue weighted by Gasteiger charge is -2.35. The maximum absolute atomic E-state index is 4.64. The van der Waals surface area contributed by atoms with E-state index in [-0.39, 0.29) is 0 Å². The smallest absolute Gasteiger partial charge is 0.0766 e. The molecule has 1 fully saturated rings. The molecule has 0 radical (unpaired) electrons. The predicted octanol–water partition coefficient (Wildman–Crippen LogP) is 2.44. The lowest BCUT2D eigenvalue weighted by Crippen LogP contribution is -2.45. The molecule has 0 saturated carbocycles. The predicted molar refractivity (Wildman–Crippen MR) is 85.5 cm³/mol. The summed E-state index contributed by atoms with van der Waals surface area (Å²) in [6.07, 6.45) is 4.47. The number of benzene rings is 1. The molecule has 2 unspecified atom stereocenters. The Morgan fingerprint density at radius 2 is 2.05 bits per heavy atom. The number of nitrogens with one attached hydrogen (secondary N) is 1. The lowest BCUT2D eigenvalue weighted by molar-refractivity contribution is 0.168. The van der Waals surface area contributed by atoms with Crippen molar-refractivity contribution in [3.8, 4) is 5.69 Å². The third-order valence-electron chi connectivity index (χ3n) is 4.45. The Morgan fingerprint density at radius 3 is 2.81 bits per heavy atom. The Balaban J connectivity index is 1.56. The zero-order valence-electron chi connectivity index (χ0n) is 12.9. The molecular formula is C17H24N4. The maximum Gasteiger partial charge on any atom is 0.0766 e. The molecule has 1 aliphatic heterocycles. The summed E-state index contributed by atoms with van der Waals surface area (Å²) in [7, 11) is 2.21. The second-order valence-corrected chi connectivity index (χ2v) is 6.02. The third-order valence-corrected chi connectivity index (χ3v) is 4.45. The van der Waals surface area contributed by atoms with Crippen LogP contribution in [0.4, 0.5) is 0 Å². The van der Waals surface area contributed by atoms with Gasteiger partial charge in [0.05, 0.1) is 11.4 Å². The highest BCUT2D eigenvalue weighted by molar-refractivity contribution is 5.30. The van der Waals surface area contributed by atoms with E-state index >= 15 is 0 Å². The monoisotopic (exact) mass is 284 g/mol. The van der Waals surface area contributed by atoms with Crippen molar-refractivity contribution in [3.63, 3.8) is 0 Å². The molecule has 0 bridgehead atoms. The SMILES string of the molecule is CC1CC(NCc2ccn(-c3ccccc3)n2)CCN1C. The van der Waals surface area contributed by atoms with Gasteiger partial charge in [0.25, 0.3) is 0 Å². The van der Waals surface area contributed by atoms with Gasteiger partial charge in [0.1, 0.15) is 0 Å². The number of nitrogens with zero attached hydrogens (tertiary/aromatic N) is 3. The van der Waals surface area contributed by atoms with E-state index < -0.39 is 0 Å². The number of aromatic nitrogens is 2. The Hall–Kier alpha value is -1.65. The first kappa shape index (κ1) is 14.3. The average Bonchev–Trinajstić information content (AvgIpc) is 2.98. The summed E-state index contributed by atoms with van der Waals surface area (Å²) in [6, 6.07) is 13.6. The van der Waals surface area contributed by atoms with Gasteiger partial charge in [-0.25, -0.2) is 4.68 Å². The minimum atomic E-state index is 0.609. The van der Waals surface area contributed by atoms with Gasteiger partial charge in [-0.3, -0.25) is 0 Å². The minimum Gasteiger partial charge on any atom is -0.308 e. The number of piperidine rings is 1. The van der Waals surface area contributed by atoms with Gasteiger partial charge in [0, 0.05) is 24.8 Å². The average molecular weight is 284 g/mol. The van der Waals surface area contributed by atoms with E-state index in [9.17, 15) is 0 Å². The molecule has 0 amide bonds. The molecule has 4 heteroatoms.